The molecule has 0 aromatic carbocycles. The van der Waals surface area contributed by atoms with Crippen molar-refractivity contribution in [2.45, 2.75) is 6.18 Å². The van der Waals surface area contributed by atoms with Gasteiger partial charge in [-0.15, -0.1) is 0 Å². The number of alkyl halides is 3. The molecule has 3 aromatic heterocycles. The lowest BCUT2D eigenvalue weighted by atomic mass is 10.1. The number of nitrogens with zero attached hydrogens (tertiary/aromatic N) is 5. The number of halogens is 3. The van der Waals surface area contributed by atoms with Gasteiger partial charge in [0.25, 0.3) is 0 Å². The van der Waals surface area contributed by atoms with E-state index < -0.39 is 34.8 Å². The van der Waals surface area contributed by atoms with Gasteiger partial charge in [0.05, 0.1) is 17.5 Å². The van der Waals surface area contributed by atoms with Gasteiger partial charge in [0.2, 0.25) is 11.8 Å². The van der Waals surface area contributed by atoms with Crippen molar-refractivity contribution in [1.29, 1.82) is 5.26 Å². The lowest BCUT2D eigenvalue weighted by Crippen LogP contribution is -2.09. The smallest absolute Gasteiger partial charge is 0.418 e. The molecule has 3 heterocycles. The summed E-state index contributed by atoms with van der Waals surface area (Å²) in [6, 6.07) is 3.57. The van der Waals surface area contributed by atoms with Crippen molar-refractivity contribution < 1.29 is 23.4 Å². The molecule has 0 radical (unpaired) electrons. The van der Waals surface area contributed by atoms with Crippen LogP contribution in [0.2, 0.25) is 0 Å². The van der Waals surface area contributed by atoms with Crippen LogP contribution in [0.1, 0.15) is 11.1 Å². The number of hydrogen-bond acceptors (Lipinski definition) is 6. The monoisotopic (exact) mass is 321 g/mol. The van der Waals surface area contributed by atoms with Gasteiger partial charge < -0.3 is 10.2 Å². The molecule has 10 heteroatoms. The SMILES string of the molecule is N#Cc1cnn2c(O)c(-c3ncccc3C(F)(F)F)c(O)nc12. The van der Waals surface area contributed by atoms with E-state index in [1.165, 1.54) is 0 Å². The largest absolute Gasteiger partial charge is 0.493 e. The minimum atomic E-state index is -4.75. The van der Waals surface area contributed by atoms with E-state index in [0.717, 1.165) is 29.0 Å². The number of aromatic hydroxyl groups is 2. The van der Waals surface area contributed by atoms with Crippen LogP contribution < -0.4 is 0 Å². The molecular formula is C13H6F3N5O2. The van der Waals surface area contributed by atoms with Crippen molar-refractivity contribution in [3.63, 3.8) is 0 Å². The summed E-state index contributed by atoms with van der Waals surface area (Å²) in [7, 11) is 0. The highest BCUT2D eigenvalue weighted by Crippen LogP contribution is 2.42. The highest BCUT2D eigenvalue weighted by atomic mass is 19.4. The van der Waals surface area contributed by atoms with Crippen LogP contribution in [0.4, 0.5) is 13.2 Å². The van der Waals surface area contributed by atoms with E-state index in [1.807, 2.05) is 0 Å². The highest BCUT2D eigenvalue weighted by Gasteiger charge is 2.36. The summed E-state index contributed by atoms with van der Waals surface area (Å²) in [5, 5.41) is 32.7. The van der Waals surface area contributed by atoms with Crippen molar-refractivity contribution in [3.8, 4) is 29.1 Å². The van der Waals surface area contributed by atoms with Crippen LogP contribution in [0.3, 0.4) is 0 Å². The molecule has 3 aromatic rings. The normalized spacial score (nSPS) is 11.6. The third-order valence-electron chi connectivity index (χ3n) is 3.07. The second kappa shape index (κ2) is 4.84. The van der Waals surface area contributed by atoms with E-state index in [4.69, 9.17) is 5.26 Å². The van der Waals surface area contributed by atoms with Gasteiger partial charge in [0, 0.05) is 6.20 Å². The molecule has 0 amide bonds. The summed E-state index contributed by atoms with van der Waals surface area (Å²) >= 11 is 0. The number of rotatable bonds is 1. The second-order valence-electron chi connectivity index (χ2n) is 4.44. The fourth-order valence-electron chi connectivity index (χ4n) is 2.09. The van der Waals surface area contributed by atoms with Crippen LogP contribution in [0.25, 0.3) is 16.9 Å². The zero-order valence-electron chi connectivity index (χ0n) is 11.1. The summed E-state index contributed by atoms with van der Waals surface area (Å²) < 4.78 is 40.0. The molecule has 0 unspecified atom stereocenters. The molecule has 0 saturated carbocycles. The zero-order chi connectivity index (χ0) is 16.8. The van der Waals surface area contributed by atoms with Crippen LogP contribution in [-0.4, -0.2) is 29.8 Å². The summed E-state index contributed by atoms with van der Waals surface area (Å²) in [6.45, 7) is 0. The highest BCUT2D eigenvalue weighted by molar-refractivity contribution is 5.75. The zero-order valence-corrected chi connectivity index (χ0v) is 11.1. The van der Waals surface area contributed by atoms with Gasteiger partial charge in [0.1, 0.15) is 17.2 Å². The Hall–Kier alpha value is -3.35. The average molecular weight is 321 g/mol. The fourth-order valence-corrected chi connectivity index (χ4v) is 2.09. The predicted octanol–water partition coefficient (Wildman–Crippen LogP) is 2.09. The lowest BCUT2D eigenvalue weighted by Gasteiger charge is -2.13. The van der Waals surface area contributed by atoms with Gasteiger partial charge in [0.15, 0.2) is 5.65 Å². The van der Waals surface area contributed by atoms with Gasteiger partial charge >= 0.3 is 6.18 Å². The van der Waals surface area contributed by atoms with Crippen molar-refractivity contribution in [1.82, 2.24) is 19.6 Å². The first-order chi connectivity index (χ1) is 10.8. The third kappa shape index (κ3) is 2.18. The first kappa shape index (κ1) is 14.6. The molecule has 7 nitrogen and oxygen atoms in total. The van der Waals surface area contributed by atoms with E-state index in [9.17, 15) is 23.4 Å². The van der Waals surface area contributed by atoms with Gasteiger partial charge in [-0.05, 0) is 12.1 Å². The average Bonchev–Trinajstić information content (AvgIpc) is 2.89. The van der Waals surface area contributed by atoms with Crippen molar-refractivity contribution in [2.24, 2.45) is 0 Å². The van der Waals surface area contributed by atoms with Crippen LogP contribution in [0, 0.1) is 11.3 Å². The van der Waals surface area contributed by atoms with Crippen molar-refractivity contribution >= 4 is 5.65 Å². The fraction of sp³-hybridized carbons (Fsp3) is 0.0769. The van der Waals surface area contributed by atoms with E-state index >= 15 is 0 Å². The number of nitriles is 1. The Morgan fingerprint density at radius 3 is 2.65 bits per heavy atom. The van der Waals surface area contributed by atoms with E-state index in [0.29, 0.717) is 0 Å². The molecule has 116 valence electrons. The standard InChI is InChI=1S/C13H6F3N5O2/c14-13(15,16)7-2-1-3-18-9(7)8-11(22)20-10-6(4-17)5-19-21(10)12(8)23/h1-3,5,23H,(H,20,22). The number of hydrogen-bond donors (Lipinski definition) is 2. The molecule has 0 bridgehead atoms. The summed E-state index contributed by atoms with van der Waals surface area (Å²) in [5.74, 6) is -1.70. The Labute approximate surface area is 125 Å². The Balaban J connectivity index is 2.37. The molecule has 0 saturated heterocycles. The van der Waals surface area contributed by atoms with Crippen LogP contribution in [-0.2, 0) is 6.18 Å². The molecule has 0 spiro atoms. The van der Waals surface area contributed by atoms with Crippen LogP contribution in [0.15, 0.2) is 24.5 Å². The van der Waals surface area contributed by atoms with E-state index in [-0.39, 0.29) is 11.2 Å². The van der Waals surface area contributed by atoms with Crippen molar-refractivity contribution in [2.75, 3.05) is 0 Å². The number of aromatic nitrogens is 4. The maximum Gasteiger partial charge on any atom is 0.418 e. The molecule has 2 N–H and O–H groups in total. The first-order valence-corrected chi connectivity index (χ1v) is 6.07. The molecule has 0 aliphatic rings. The molecule has 0 aliphatic carbocycles. The topological polar surface area (TPSA) is 107 Å². The molecule has 0 fully saturated rings. The molecule has 0 atom stereocenters. The first-order valence-electron chi connectivity index (χ1n) is 6.07. The molecule has 23 heavy (non-hydrogen) atoms. The van der Waals surface area contributed by atoms with Crippen LogP contribution >= 0.6 is 0 Å². The van der Waals surface area contributed by atoms with Crippen molar-refractivity contribution in [3.05, 3.63) is 35.7 Å². The quantitative estimate of drug-likeness (QED) is 0.710. The van der Waals surface area contributed by atoms with E-state index in [1.54, 1.807) is 6.07 Å². The minimum absolute atomic E-state index is 0.0563. The summed E-state index contributed by atoms with van der Waals surface area (Å²) in [6.07, 6.45) is -2.61. The Morgan fingerprint density at radius 2 is 2.00 bits per heavy atom. The number of pyridine rings is 1. The molecule has 3 rings (SSSR count). The van der Waals surface area contributed by atoms with E-state index in [2.05, 4.69) is 15.1 Å². The minimum Gasteiger partial charge on any atom is -0.493 e. The van der Waals surface area contributed by atoms with Crippen LogP contribution in [0.5, 0.6) is 11.8 Å². The third-order valence-corrected chi connectivity index (χ3v) is 3.07. The summed E-state index contributed by atoms with van der Waals surface area (Å²) in [4.78, 5) is 7.22. The maximum absolute atomic E-state index is 13.1. The lowest BCUT2D eigenvalue weighted by molar-refractivity contribution is -0.137. The summed E-state index contributed by atoms with van der Waals surface area (Å²) in [5.41, 5.74) is -2.72. The Kier molecular flexibility index (Phi) is 3.07. The Bertz CT molecular complexity index is 959. The number of fused-ring (bicyclic) bond motifs is 1. The van der Waals surface area contributed by atoms with Gasteiger partial charge in [-0.3, -0.25) is 4.98 Å². The molecule has 0 aliphatic heterocycles. The Morgan fingerprint density at radius 1 is 1.26 bits per heavy atom. The van der Waals surface area contributed by atoms with Gasteiger partial charge in [-0.2, -0.15) is 33.0 Å². The predicted molar refractivity (Wildman–Crippen MR) is 69.3 cm³/mol. The molecular weight excluding hydrogens is 315 g/mol. The maximum atomic E-state index is 13.1. The second-order valence-corrected chi connectivity index (χ2v) is 4.44. The van der Waals surface area contributed by atoms with Gasteiger partial charge in [-0.25, -0.2) is 0 Å². The van der Waals surface area contributed by atoms with Gasteiger partial charge in [-0.1, -0.05) is 0 Å².